The van der Waals surface area contributed by atoms with Crippen LogP contribution in [-0.2, 0) is 0 Å². The normalized spacial score (nSPS) is 23.5. The number of nitrogens with zero attached hydrogens (tertiary/aromatic N) is 2. The fourth-order valence-corrected chi connectivity index (χ4v) is 8.20. The summed E-state index contributed by atoms with van der Waals surface area (Å²) in [5.74, 6) is 1.90. The van der Waals surface area contributed by atoms with Gasteiger partial charge in [0.15, 0.2) is 0 Å². The van der Waals surface area contributed by atoms with Gasteiger partial charge >= 0.3 is 0 Å². The summed E-state index contributed by atoms with van der Waals surface area (Å²) in [6.45, 7) is 0. The van der Waals surface area contributed by atoms with E-state index in [2.05, 4.69) is 162 Å². The van der Waals surface area contributed by atoms with Gasteiger partial charge in [-0.3, -0.25) is 0 Å². The number of allylic oxidation sites excluding steroid dienone is 16. The van der Waals surface area contributed by atoms with Crippen LogP contribution in [0, 0.1) is 11.8 Å². The van der Waals surface area contributed by atoms with E-state index in [1.807, 2.05) is 0 Å². The molecule has 1 saturated carbocycles. The molecule has 0 radical (unpaired) electrons. The Balaban J connectivity index is 1.04. The number of benzene rings is 3. The lowest BCUT2D eigenvalue weighted by Gasteiger charge is -2.35. The van der Waals surface area contributed by atoms with Crippen molar-refractivity contribution in [2.75, 3.05) is 9.80 Å². The van der Waals surface area contributed by atoms with Crippen molar-refractivity contribution in [1.82, 2.24) is 0 Å². The second-order valence-electron chi connectivity index (χ2n) is 13.5. The smallest absolute Gasteiger partial charge is 0.0533 e. The Bertz CT molecular complexity index is 1990. The monoisotopic (exact) mass is 608 g/mol. The first-order valence-electron chi connectivity index (χ1n) is 17.4. The van der Waals surface area contributed by atoms with E-state index in [0.29, 0.717) is 11.8 Å². The van der Waals surface area contributed by atoms with Crippen LogP contribution < -0.4 is 9.80 Å². The third-order valence-corrected chi connectivity index (χ3v) is 10.7. The van der Waals surface area contributed by atoms with E-state index in [-0.39, 0.29) is 0 Å². The first kappa shape index (κ1) is 28.2. The van der Waals surface area contributed by atoms with Crippen molar-refractivity contribution in [3.8, 4) is 0 Å². The number of para-hydroxylation sites is 2. The molecule has 0 heterocycles. The maximum absolute atomic E-state index is 2.51. The van der Waals surface area contributed by atoms with Crippen molar-refractivity contribution in [3.63, 3.8) is 0 Å². The molecule has 47 heavy (non-hydrogen) atoms. The summed E-state index contributed by atoms with van der Waals surface area (Å²) in [4.78, 5) is 5.01. The Hall–Kier alpha value is -5.08. The lowest BCUT2D eigenvalue weighted by atomic mass is 9.85. The third kappa shape index (κ3) is 5.22. The molecule has 0 spiro atoms. The Morgan fingerprint density at radius 1 is 0.574 bits per heavy atom. The van der Waals surface area contributed by atoms with E-state index in [4.69, 9.17) is 0 Å². The van der Waals surface area contributed by atoms with Crippen LogP contribution in [0.25, 0.3) is 6.08 Å². The molecule has 0 saturated heterocycles. The van der Waals surface area contributed by atoms with E-state index in [1.54, 1.807) is 0 Å². The zero-order chi connectivity index (χ0) is 31.2. The maximum atomic E-state index is 2.51. The minimum atomic E-state index is 0.452. The van der Waals surface area contributed by atoms with Crippen molar-refractivity contribution >= 4 is 23.1 Å². The van der Waals surface area contributed by atoms with E-state index in [1.165, 1.54) is 68.4 Å². The topological polar surface area (TPSA) is 6.48 Å². The van der Waals surface area contributed by atoms with Gasteiger partial charge in [-0.15, -0.1) is 0 Å². The Labute approximate surface area is 279 Å². The summed E-state index contributed by atoms with van der Waals surface area (Å²) in [6.07, 6.45) is 34.6. The van der Waals surface area contributed by atoms with Crippen LogP contribution in [0.15, 0.2) is 180 Å². The summed E-state index contributed by atoms with van der Waals surface area (Å²) < 4.78 is 0. The molecule has 0 N–H and O–H groups in total. The van der Waals surface area contributed by atoms with Crippen molar-refractivity contribution in [3.05, 3.63) is 191 Å². The van der Waals surface area contributed by atoms with Crippen LogP contribution in [0.3, 0.4) is 0 Å². The van der Waals surface area contributed by atoms with E-state index in [0.717, 1.165) is 38.0 Å². The van der Waals surface area contributed by atoms with Crippen molar-refractivity contribution in [1.29, 1.82) is 0 Å². The predicted molar refractivity (Wildman–Crippen MR) is 197 cm³/mol. The Morgan fingerprint density at radius 2 is 1.28 bits per heavy atom. The zero-order valence-electron chi connectivity index (χ0n) is 26.8. The third-order valence-electron chi connectivity index (χ3n) is 10.7. The number of hydrogen-bond donors (Lipinski definition) is 0. The maximum Gasteiger partial charge on any atom is 0.0533 e. The second kappa shape index (κ2) is 11.9. The zero-order valence-corrected chi connectivity index (χ0v) is 26.8. The number of rotatable bonds is 7. The molecule has 3 atom stereocenters. The number of hydrogen-bond acceptors (Lipinski definition) is 2. The average molecular weight is 609 g/mol. The van der Waals surface area contributed by atoms with E-state index < -0.39 is 0 Å². The molecule has 2 nitrogen and oxygen atoms in total. The van der Waals surface area contributed by atoms with Gasteiger partial charge in [0.2, 0.25) is 0 Å². The van der Waals surface area contributed by atoms with Gasteiger partial charge in [-0.25, -0.2) is 0 Å². The van der Waals surface area contributed by atoms with Gasteiger partial charge in [0.1, 0.15) is 0 Å². The summed E-state index contributed by atoms with van der Waals surface area (Å²) in [5, 5.41) is 0. The Morgan fingerprint density at radius 3 is 1.98 bits per heavy atom. The fourth-order valence-electron chi connectivity index (χ4n) is 8.20. The SMILES string of the molecule is C1=CC2=C(N(C3=CC=C(C4=CC=C(N(c5ccccc5)c5cccc6c5C=C[C@@H]5CC65)CC4)CC3)c3ccccc3)C=CCC2C=C1. The number of fused-ring (bicyclic) bond motifs is 4. The summed E-state index contributed by atoms with van der Waals surface area (Å²) >= 11 is 0. The Kier molecular flexibility index (Phi) is 7.15. The summed E-state index contributed by atoms with van der Waals surface area (Å²) in [7, 11) is 0. The highest BCUT2D eigenvalue weighted by Crippen LogP contribution is 2.55. The quantitative estimate of drug-likeness (QED) is 0.263. The van der Waals surface area contributed by atoms with Crippen molar-refractivity contribution in [2.24, 2.45) is 11.8 Å². The molecule has 3 aromatic carbocycles. The minimum absolute atomic E-state index is 0.452. The first-order valence-corrected chi connectivity index (χ1v) is 17.4. The van der Waals surface area contributed by atoms with Gasteiger partial charge in [0.25, 0.3) is 0 Å². The van der Waals surface area contributed by atoms with Crippen LogP contribution in [0.1, 0.15) is 55.6 Å². The van der Waals surface area contributed by atoms with E-state index >= 15 is 0 Å². The molecule has 2 heteroatoms. The van der Waals surface area contributed by atoms with Gasteiger partial charge < -0.3 is 9.80 Å². The van der Waals surface area contributed by atoms with Crippen LogP contribution in [-0.4, -0.2) is 0 Å². The fraction of sp³-hybridized carbons (Fsp3) is 0.200. The molecule has 3 aromatic rings. The molecule has 0 aromatic heterocycles. The summed E-state index contributed by atoms with van der Waals surface area (Å²) in [6, 6.07) is 28.8. The lowest BCUT2D eigenvalue weighted by Crippen LogP contribution is -2.26. The van der Waals surface area contributed by atoms with E-state index in [9.17, 15) is 0 Å². The standard InChI is InChI=1S/C45H40N2/c1-3-13-36(14-4-1)46(44-19-9-12-34-11-7-8-17-40(34)44)38-26-21-32(22-27-38)33-23-28-39(29-24-33)47(37-15-5-2-6-16-37)45-20-10-18-41-42(45)30-25-35-31-43(35)41/h1-11,13-21,23,25-26,28,30,34-35,43H,12,22,24,27,29,31H2/t34?,35-,43?/m1/s1. The molecule has 9 rings (SSSR count). The lowest BCUT2D eigenvalue weighted by molar-refractivity contribution is 0.753. The highest BCUT2D eigenvalue weighted by molar-refractivity contribution is 5.81. The average Bonchev–Trinajstić information content (AvgIpc) is 3.95. The molecule has 6 aliphatic carbocycles. The van der Waals surface area contributed by atoms with Crippen LogP contribution in [0.4, 0.5) is 17.1 Å². The molecule has 6 aliphatic rings. The first-order chi connectivity index (χ1) is 23.3. The van der Waals surface area contributed by atoms with Gasteiger partial charge in [-0.05, 0) is 121 Å². The molecule has 0 bridgehead atoms. The van der Waals surface area contributed by atoms with Gasteiger partial charge in [0.05, 0.1) is 5.69 Å². The highest BCUT2D eigenvalue weighted by atomic mass is 15.2. The molecule has 1 fully saturated rings. The summed E-state index contributed by atoms with van der Waals surface area (Å²) in [5.41, 5.74) is 15.1. The predicted octanol–water partition coefficient (Wildman–Crippen LogP) is 11.6. The van der Waals surface area contributed by atoms with Gasteiger partial charge in [-0.2, -0.15) is 0 Å². The molecule has 0 amide bonds. The molecule has 0 aliphatic heterocycles. The molecular formula is C45H40N2. The van der Waals surface area contributed by atoms with Gasteiger partial charge in [-0.1, -0.05) is 103 Å². The second-order valence-corrected chi connectivity index (χ2v) is 13.5. The highest BCUT2D eigenvalue weighted by Gasteiger charge is 2.40. The molecule has 230 valence electrons. The largest absolute Gasteiger partial charge is 0.314 e. The van der Waals surface area contributed by atoms with Gasteiger partial charge in [0, 0.05) is 39.9 Å². The minimum Gasteiger partial charge on any atom is -0.314 e. The van der Waals surface area contributed by atoms with Crippen LogP contribution in [0.5, 0.6) is 0 Å². The van der Waals surface area contributed by atoms with Crippen molar-refractivity contribution in [2.45, 2.75) is 44.4 Å². The van der Waals surface area contributed by atoms with Crippen LogP contribution >= 0.6 is 0 Å². The number of anilines is 3. The van der Waals surface area contributed by atoms with Crippen LogP contribution in [0.2, 0.25) is 0 Å². The molecular weight excluding hydrogens is 569 g/mol. The molecule has 2 unspecified atom stereocenters. The van der Waals surface area contributed by atoms with Crippen molar-refractivity contribution < 1.29 is 0 Å².